The minimum absolute atomic E-state index is 0.0456. The predicted molar refractivity (Wildman–Crippen MR) is 86.6 cm³/mol. The third kappa shape index (κ3) is 5.16. The zero-order valence-corrected chi connectivity index (χ0v) is 13.5. The molecule has 1 saturated heterocycles. The Morgan fingerprint density at radius 2 is 2.00 bits per heavy atom. The number of carbonyl (C=O) groups is 2. The topological polar surface area (TPSA) is 78.9 Å². The van der Waals surface area contributed by atoms with Gasteiger partial charge in [0, 0.05) is 19.6 Å². The number of carbonyl (C=O) groups excluding carboxylic acids is 1. The number of nitrogens with one attached hydrogen (secondary N) is 1. The molecule has 0 radical (unpaired) electrons. The van der Waals surface area contributed by atoms with Crippen LogP contribution in [0.2, 0.25) is 0 Å². The van der Waals surface area contributed by atoms with Crippen LogP contribution in [0.1, 0.15) is 24.8 Å². The lowest BCUT2D eigenvalue weighted by Crippen LogP contribution is -2.45. The van der Waals surface area contributed by atoms with Crippen LogP contribution in [-0.4, -0.2) is 48.8 Å². The van der Waals surface area contributed by atoms with Crippen molar-refractivity contribution in [1.82, 2.24) is 10.2 Å². The number of hydrogen-bond acceptors (Lipinski definition) is 3. The predicted octanol–water partition coefficient (Wildman–Crippen LogP) is 2.13. The largest absolute Gasteiger partial charge is 0.496 e. The summed E-state index contributed by atoms with van der Waals surface area (Å²) in [7, 11) is 1.68. The fourth-order valence-corrected chi connectivity index (χ4v) is 2.91. The summed E-state index contributed by atoms with van der Waals surface area (Å²) < 4.78 is 5.39. The Kier molecular flexibility index (Phi) is 6.26. The number of carboxylic acids is 1. The number of hydrogen-bond donors (Lipinski definition) is 2. The van der Waals surface area contributed by atoms with E-state index in [4.69, 9.17) is 9.84 Å². The van der Waals surface area contributed by atoms with E-state index in [1.54, 1.807) is 12.0 Å². The first-order valence-electron chi connectivity index (χ1n) is 7.96. The molecule has 2 amide bonds. The van der Waals surface area contributed by atoms with Gasteiger partial charge in [-0.2, -0.15) is 0 Å². The third-order valence-corrected chi connectivity index (χ3v) is 4.22. The molecule has 126 valence electrons. The van der Waals surface area contributed by atoms with E-state index in [0.29, 0.717) is 19.0 Å². The first kappa shape index (κ1) is 17.1. The number of piperidine rings is 1. The molecule has 0 aromatic heterocycles. The molecule has 1 fully saturated rings. The van der Waals surface area contributed by atoms with Crippen molar-refractivity contribution in [3.05, 3.63) is 29.8 Å². The van der Waals surface area contributed by atoms with E-state index in [2.05, 4.69) is 11.4 Å². The molecule has 1 aliphatic rings. The molecule has 0 atom stereocenters. The van der Waals surface area contributed by atoms with Gasteiger partial charge in [0.05, 0.1) is 13.5 Å². The van der Waals surface area contributed by atoms with Gasteiger partial charge in [-0.3, -0.25) is 4.79 Å². The van der Waals surface area contributed by atoms with Crippen LogP contribution < -0.4 is 10.1 Å². The molecule has 0 bridgehead atoms. The number of benzene rings is 1. The number of amides is 2. The number of para-hydroxylation sites is 1. The van der Waals surface area contributed by atoms with Gasteiger partial charge in [0.1, 0.15) is 5.75 Å². The summed E-state index contributed by atoms with van der Waals surface area (Å²) in [6, 6.07) is 7.88. The minimum Gasteiger partial charge on any atom is -0.496 e. The molecule has 6 heteroatoms. The van der Waals surface area contributed by atoms with Crippen molar-refractivity contribution in [2.24, 2.45) is 5.92 Å². The standard InChI is InChI=1S/C17H24N2O4/c1-23-15-5-3-2-4-14(15)12-13-7-10-19(11-8-13)17(22)18-9-6-16(20)21/h2-5,13H,6-12H2,1H3,(H,18,22)(H,20,21). The molecule has 2 rings (SSSR count). The fourth-order valence-electron chi connectivity index (χ4n) is 2.91. The second-order valence-electron chi connectivity index (χ2n) is 5.82. The molecular weight excluding hydrogens is 296 g/mol. The third-order valence-electron chi connectivity index (χ3n) is 4.22. The highest BCUT2D eigenvalue weighted by atomic mass is 16.5. The number of ether oxygens (including phenoxy) is 1. The van der Waals surface area contributed by atoms with Crippen molar-refractivity contribution in [2.45, 2.75) is 25.7 Å². The highest BCUT2D eigenvalue weighted by Gasteiger charge is 2.23. The van der Waals surface area contributed by atoms with Crippen LogP contribution in [0.25, 0.3) is 0 Å². The molecule has 0 saturated carbocycles. The van der Waals surface area contributed by atoms with Crippen molar-refractivity contribution in [1.29, 1.82) is 0 Å². The maximum absolute atomic E-state index is 11.9. The van der Waals surface area contributed by atoms with E-state index in [9.17, 15) is 9.59 Å². The maximum Gasteiger partial charge on any atom is 0.317 e. The lowest BCUT2D eigenvalue weighted by molar-refractivity contribution is -0.136. The molecule has 23 heavy (non-hydrogen) atoms. The first-order chi connectivity index (χ1) is 11.1. The summed E-state index contributed by atoms with van der Waals surface area (Å²) in [6.45, 7) is 1.59. The normalized spacial score (nSPS) is 15.3. The first-order valence-corrected chi connectivity index (χ1v) is 7.96. The molecule has 6 nitrogen and oxygen atoms in total. The summed E-state index contributed by atoms with van der Waals surface area (Å²) in [6.07, 6.45) is 2.81. The smallest absolute Gasteiger partial charge is 0.317 e. The average molecular weight is 320 g/mol. The van der Waals surface area contributed by atoms with Crippen molar-refractivity contribution in [3.8, 4) is 5.75 Å². The molecule has 0 aliphatic carbocycles. The van der Waals surface area contributed by atoms with Gasteiger partial charge in [-0.25, -0.2) is 4.79 Å². The summed E-state index contributed by atoms with van der Waals surface area (Å²) in [5.41, 5.74) is 1.21. The number of likely N-dealkylation sites (tertiary alicyclic amines) is 1. The highest BCUT2D eigenvalue weighted by Crippen LogP contribution is 2.26. The lowest BCUT2D eigenvalue weighted by atomic mass is 9.90. The van der Waals surface area contributed by atoms with E-state index < -0.39 is 5.97 Å². The lowest BCUT2D eigenvalue weighted by Gasteiger charge is -2.32. The molecule has 1 aromatic rings. The van der Waals surface area contributed by atoms with Gasteiger partial charge in [-0.05, 0) is 36.8 Å². The summed E-state index contributed by atoms with van der Waals surface area (Å²) in [4.78, 5) is 24.2. The van der Waals surface area contributed by atoms with Crippen molar-refractivity contribution in [2.75, 3.05) is 26.7 Å². The number of nitrogens with zero attached hydrogens (tertiary/aromatic N) is 1. The van der Waals surface area contributed by atoms with Crippen molar-refractivity contribution < 1.29 is 19.4 Å². The number of rotatable bonds is 6. The Morgan fingerprint density at radius 3 is 2.65 bits per heavy atom. The maximum atomic E-state index is 11.9. The van der Waals surface area contributed by atoms with Crippen LogP contribution in [0.4, 0.5) is 4.79 Å². The number of methoxy groups -OCH3 is 1. The number of urea groups is 1. The number of aliphatic carboxylic acids is 1. The highest BCUT2D eigenvalue weighted by molar-refractivity contribution is 5.75. The van der Waals surface area contributed by atoms with Gasteiger partial charge < -0.3 is 20.1 Å². The SMILES string of the molecule is COc1ccccc1CC1CCN(C(=O)NCCC(=O)O)CC1. The second-order valence-corrected chi connectivity index (χ2v) is 5.82. The molecular formula is C17H24N2O4. The Morgan fingerprint density at radius 1 is 1.30 bits per heavy atom. The van der Waals surface area contributed by atoms with Crippen LogP contribution in [0.5, 0.6) is 5.75 Å². The molecule has 2 N–H and O–H groups in total. The van der Waals surface area contributed by atoms with Gasteiger partial charge in [-0.1, -0.05) is 18.2 Å². The Labute approximate surface area is 136 Å². The van der Waals surface area contributed by atoms with Gasteiger partial charge in [0.2, 0.25) is 0 Å². The average Bonchev–Trinajstić information content (AvgIpc) is 2.55. The van der Waals surface area contributed by atoms with E-state index in [1.807, 2.05) is 18.2 Å². The molecule has 0 unspecified atom stereocenters. The van der Waals surface area contributed by atoms with Gasteiger partial charge >= 0.3 is 12.0 Å². The zero-order valence-electron chi connectivity index (χ0n) is 13.5. The second kappa shape index (κ2) is 8.41. The van der Waals surface area contributed by atoms with Crippen LogP contribution in [-0.2, 0) is 11.2 Å². The Balaban J connectivity index is 1.77. The van der Waals surface area contributed by atoms with E-state index in [0.717, 1.165) is 25.0 Å². The summed E-state index contributed by atoms with van der Waals surface area (Å²) in [5.74, 6) is 0.552. The van der Waals surface area contributed by atoms with Gasteiger partial charge in [0.25, 0.3) is 0 Å². The Hall–Kier alpha value is -2.24. The minimum atomic E-state index is -0.902. The van der Waals surface area contributed by atoms with Gasteiger partial charge in [0.15, 0.2) is 0 Å². The fraction of sp³-hybridized carbons (Fsp3) is 0.529. The zero-order chi connectivity index (χ0) is 16.7. The molecule has 1 aliphatic heterocycles. The van der Waals surface area contributed by atoms with Crippen molar-refractivity contribution >= 4 is 12.0 Å². The van der Waals surface area contributed by atoms with E-state index >= 15 is 0 Å². The quantitative estimate of drug-likeness (QED) is 0.841. The van der Waals surface area contributed by atoms with Crippen LogP contribution >= 0.6 is 0 Å². The van der Waals surface area contributed by atoms with Crippen LogP contribution in [0.15, 0.2) is 24.3 Å². The van der Waals surface area contributed by atoms with Gasteiger partial charge in [-0.15, -0.1) is 0 Å². The molecule has 1 aromatic carbocycles. The van der Waals surface area contributed by atoms with Crippen LogP contribution in [0, 0.1) is 5.92 Å². The van der Waals surface area contributed by atoms with Crippen molar-refractivity contribution in [3.63, 3.8) is 0 Å². The van der Waals surface area contributed by atoms with E-state index in [1.165, 1.54) is 5.56 Å². The van der Waals surface area contributed by atoms with E-state index in [-0.39, 0.29) is 19.0 Å². The summed E-state index contributed by atoms with van der Waals surface area (Å²) >= 11 is 0. The summed E-state index contributed by atoms with van der Waals surface area (Å²) in [5, 5.41) is 11.2. The molecule has 0 spiro atoms. The number of carboxylic acid groups (broad SMARTS) is 1. The monoisotopic (exact) mass is 320 g/mol. The molecule has 1 heterocycles. The van der Waals surface area contributed by atoms with Crippen LogP contribution in [0.3, 0.4) is 0 Å². The Bertz CT molecular complexity index is 539.